The number of carboxylic acids is 1. The third-order valence-electron chi connectivity index (χ3n) is 4.94. The van der Waals surface area contributed by atoms with Gasteiger partial charge in [0.15, 0.2) is 0 Å². The minimum atomic E-state index is -1.03. The van der Waals surface area contributed by atoms with Crippen LogP contribution in [-0.4, -0.2) is 35.0 Å². The van der Waals surface area contributed by atoms with Crippen molar-refractivity contribution in [2.45, 2.75) is 24.1 Å². The largest absolute Gasteiger partial charge is 0.491 e. The summed E-state index contributed by atoms with van der Waals surface area (Å²) in [6.07, 6.45) is 1.37. The number of rotatable bonds is 5. The molecule has 1 aliphatic heterocycles. The van der Waals surface area contributed by atoms with Crippen molar-refractivity contribution < 1.29 is 23.8 Å². The number of thioether (sulfide) groups is 1. The number of benzene rings is 2. The van der Waals surface area contributed by atoms with Gasteiger partial charge in [0.05, 0.1) is 24.1 Å². The smallest absolute Gasteiger partial charge is 0.339 e. The van der Waals surface area contributed by atoms with Crippen LogP contribution in [0.25, 0.3) is 0 Å². The van der Waals surface area contributed by atoms with Crippen LogP contribution in [0.15, 0.2) is 64.1 Å². The zero-order valence-corrected chi connectivity index (χ0v) is 17.3. The highest BCUT2D eigenvalue weighted by Crippen LogP contribution is 2.30. The lowest BCUT2D eigenvalue weighted by molar-refractivity contribution is 0.0693. The van der Waals surface area contributed by atoms with Crippen molar-refractivity contribution >= 4 is 23.6 Å². The topological polar surface area (TPSA) is 80.0 Å². The number of amides is 1. The van der Waals surface area contributed by atoms with E-state index >= 15 is 0 Å². The summed E-state index contributed by atoms with van der Waals surface area (Å²) in [5.74, 6) is 0.417. The quantitative estimate of drug-likeness (QED) is 0.604. The predicted octanol–water partition coefficient (Wildman–Crippen LogP) is 4.61. The number of furan rings is 1. The molecule has 6 nitrogen and oxygen atoms in total. The van der Waals surface area contributed by atoms with Crippen molar-refractivity contribution in [3.63, 3.8) is 0 Å². The second-order valence-electron chi connectivity index (χ2n) is 7.03. The second kappa shape index (κ2) is 8.67. The number of fused-ring (bicyclic) bond motifs is 1. The van der Waals surface area contributed by atoms with Gasteiger partial charge < -0.3 is 19.2 Å². The number of ether oxygens (including phenoxy) is 1. The van der Waals surface area contributed by atoms with Crippen LogP contribution in [0.2, 0.25) is 0 Å². The van der Waals surface area contributed by atoms with Gasteiger partial charge in [0.2, 0.25) is 0 Å². The van der Waals surface area contributed by atoms with Gasteiger partial charge >= 0.3 is 5.97 Å². The van der Waals surface area contributed by atoms with Gasteiger partial charge in [-0.3, -0.25) is 4.79 Å². The minimum Gasteiger partial charge on any atom is -0.491 e. The lowest BCUT2D eigenvalue weighted by Crippen LogP contribution is -2.32. The molecule has 0 radical (unpaired) electrons. The van der Waals surface area contributed by atoms with E-state index in [0.717, 1.165) is 21.8 Å². The van der Waals surface area contributed by atoms with E-state index in [1.807, 2.05) is 43.3 Å². The van der Waals surface area contributed by atoms with Gasteiger partial charge in [-0.2, -0.15) is 0 Å². The molecule has 2 aromatic carbocycles. The van der Waals surface area contributed by atoms with Gasteiger partial charge in [0.1, 0.15) is 23.7 Å². The van der Waals surface area contributed by atoms with Crippen LogP contribution in [0.4, 0.5) is 0 Å². The molecule has 154 valence electrons. The van der Waals surface area contributed by atoms with Crippen molar-refractivity contribution in [2.24, 2.45) is 0 Å². The van der Waals surface area contributed by atoms with E-state index in [9.17, 15) is 14.7 Å². The third-order valence-corrected chi connectivity index (χ3v) is 6.01. The van der Waals surface area contributed by atoms with Crippen LogP contribution < -0.4 is 4.74 Å². The fraction of sp³-hybridized carbons (Fsp3) is 0.217. The average Bonchev–Trinajstić information content (AvgIpc) is 3.12. The van der Waals surface area contributed by atoms with E-state index < -0.39 is 5.97 Å². The molecule has 0 spiro atoms. The first-order valence-electron chi connectivity index (χ1n) is 9.56. The van der Waals surface area contributed by atoms with Crippen LogP contribution >= 0.6 is 11.8 Å². The van der Waals surface area contributed by atoms with Gasteiger partial charge in [-0.05, 0) is 31.2 Å². The lowest BCUT2D eigenvalue weighted by Gasteiger charge is -2.21. The van der Waals surface area contributed by atoms with Crippen molar-refractivity contribution in [1.29, 1.82) is 0 Å². The maximum atomic E-state index is 13.3. The van der Waals surface area contributed by atoms with E-state index in [1.54, 1.807) is 11.0 Å². The standard InChI is InChI=1S/C23H21NO5S/c1-15-6-7-19-16(12-15)13-24(9-11-29-19)22(25)18-4-2-3-5-21(18)30-14-20-17(23(26)27)8-10-28-20/h2-8,10,12H,9,11,13-14H2,1H3,(H,26,27). The molecule has 4 rings (SSSR count). The molecule has 1 amide bonds. The molecule has 0 saturated heterocycles. The van der Waals surface area contributed by atoms with Crippen molar-refractivity contribution in [3.8, 4) is 5.75 Å². The zero-order chi connectivity index (χ0) is 21.1. The van der Waals surface area contributed by atoms with Gasteiger partial charge in [-0.1, -0.05) is 29.8 Å². The van der Waals surface area contributed by atoms with E-state index in [2.05, 4.69) is 0 Å². The van der Waals surface area contributed by atoms with Gasteiger partial charge in [0, 0.05) is 17.0 Å². The minimum absolute atomic E-state index is 0.0750. The van der Waals surface area contributed by atoms with Crippen molar-refractivity contribution in [3.05, 3.63) is 82.8 Å². The summed E-state index contributed by atoms with van der Waals surface area (Å²) < 4.78 is 11.1. The Bertz CT molecular complexity index is 1090. The van der Waals surface area contributed by atoms with Gasteiger partial charge in [-0.25, -0.2) is 4.79 Å². The molecule has 30 heavy (non-hydrogen) atoms. The van der Waals surface area contributed by atoms with Crippen molar-refractivity contribution in [1.82, 2.24) is 4.90 Å². The Morgan fingerprint density at radius 1 is 1.13 bits per heavy atom. The summed E-state index contributed by atoms with van der Waals surface area (Å²) in [5, 5.41) is 9.25. The van der Waals surface area contributed by atoms with Crippen LogP contribution in [0.3, 0.4) is 0 Å². The number of carboxylic acid groups (broad SMARTS) is 1. The summed E-state index contributed by atoms with van der Waals surface area (Å²) in [4.78, 5) is 27.2. The van der Waals surface area contributed by atoms with Gasteiger partial charge in [-0.15, -0.1) is 11.8 Å². The Morgan fingerprint density at radius 3 is 2.80 bits per heavy atom. The molecular formula is C23H21NO5S. The number of carbonyl (C=O) groups excluding carboxylic acids is 1. The number of hydrogen-bond acceptors (Lipinski definition) is 5. The Labute approximate surface area is 178 Å². The van der Waals surface area contributed by atoms with E-state index in [-0.39, 0.29) is 11.5 Å². The first kappa shape index (κ1) is 20.1. The summed E-state index contributed by atoms with van der Waals surface area (Å²) in [5.41, 5.74) is 2.84. The fourth-order valence-corrected chi connectivity index (χ4v) is 4.42. The SMILES string of the molecule is Cc1ccc2c(c1)CN(C(=O)c1ccccc1SCc1occc1C(=O)O)CCO2. The molecule has 1 aromatic heterocycles. The molecule has 0 aliphatic carbocycles. The number of nitrogens with zero attached hydrogens (tertiary/aromatic N) is 1. The van der Waals surface area contributed by atoms with Crippen LogP contribution in [-0.2, 0) is 12.3 Å². The first-order chi connectivity index (χ1) is 14.5. The van der Waals surface area contributed by atoms with Crippen LogP contribution in [0, 0.1) is 6.92 Å². The molecule has 7 heteroatoms. The second-order valence-corrected chi connectivity index (χ2v) is 8.05. The monoisotopic (exact) mass is 423 g/mol. The predicted molar refractivity (Wildman–Crippen MR) is 113 cm³/mol. The molecule has 2 heterocycles. The van der Waals surface area contributed by atoms with E-state index in [4.69, 9.17) is 9.15 Å². The summed E-state index contributed by atoms with van der Waals surface area (Å²) in [6, 6.07) is 14.8. The highest BCUT2D eigenvalue weighted by atomic mass is 32.2. The molecule has 0 atom stereocenters. The lowest BCUT2D eigenvalue weighted by atomic mass is 10.1. The summed E-state index contributed by atoms with van der Waals surface area (Å²) in [7, 11) is 0. The number of aromatic carboxylic acids is 1. The Kier molecular flexibility index (Phi) is 5.81. The molecule has 0 saturated carbocycles. The Hall–Kier alpha value is -3.19. The molecule has 0 fully saturated rings. The van der Waals surface area contributed by atoms with Crippen LogP contribution in [0.5, 0.6) is 5.75 Å². The fourth-order valence-electron chi connectivity index (χ4n) is 3.42. The maximum absolute atomic E-state index is 13.3. The average molecular weight is 423 g/mol. The summed E-state index contributed by atoms with van der Waals surface area (Å²) >= 11 is 1.39. The third kappa shape index (κ3) is 4.21. The van der Waals surface area contributed by atoms with Crippen LogP contribution in [0.1, 0.15) is 37.6 Å². The van der Waals surface area contributed by atoms with E-state index in [1.165, 1.54) is 24.1 Å². The number of carbonyl (C=O) groups is 2. The summed E-state index contributed by atoms with van der Waals surface area (Å²) in [6.45, 7) is 3.43. The number of hydrogen-bond donors (Lipinski definition) is 1. The molecular weight excluding hydrogens is 402 g/mol. The highest BCUT2D eigenvalue weighted by molar-refractivity contribution is 7.98. The molecule has 0 bridgehead atoms. The first-order valence-corrected chi connectivity index (χ1v) is 10.5. The zero-order valence-electron chi connectivity index (χ0n) is 16.5. The highest BCUT2D eigenvalue weighted by Gasteiger charge is 2.23. The molecule has 0 unspecified atom stereocenters. The van der Waals surface area contributed by atoms with E-state index in [0.29, 0.717) is 36.8 Å². The number of aryl methyl sites for hydroxylation is 1. The van der Waals surface area contributed by atoms with Gasteiger partial charge in [0.25, 0.3) is 5.91 Å². The molecule has 1 N–H and O–H groups in total. The Morgan fingerprint density at radius 2 is 1.97 bits per heavy atom. The Balaban J connectivity index is 1.55. The normalized spacial score (nSPS) is 13.3. The molecule has 1 aliphatic rings. The molecule has 3 aromatic rings. The maximum Gasteiger partial charge on any atom is 0.339 e. The van der Waals surface area contributed by atoms with Crippen molar-refractivity contribution in [2.75, 3.05) is 13.2 Å².